The minimum atomic E-state index is -0.279. The van der Waals surface area contributed by atoms with Crippen LogP contribution in [-0.2, 0) is 4.79 Å². The monoisotopic (exact) mass is 328 g/mol. The lowest BCUT2D eigenvalue weighted by atomic mass is 10.2. The minimum Gasteiger partial charge on any atom is -0.496 e. The molecule has 2 N–H and O–H groups in total. The summed E-state index contributed by atoms with van der Waals surface area (Å²) >= 11 is 3.42. The van der Waals surface area contributed by atoms with E-state index in [0.29, 0.717) is 12.5 Å². The first-order valence-electron chi connectivity index (χ1n) is 6.31. The Morgan fingerprint density at radius 2 is 2.05 bits per heavy atom. The van der Waals surface area contributed by atoms with Crippen molar-refractivity contribution in [2.45, 2.75) is 26.8 Å². The van der Waals surface area contributed by atoms with Gasteiger partial charge < -0.3 is 15.4 Å². The van der Waals surface area contributed by atoms with Crippen LogP contribution in [0.1, 0.15) is 20.8 Å². The number of anilines is 1. The fraction of sp³-hybridized carbons (Fsp3) is 0.500. The Morgan fingerprint density at radius 3 is 2.58 bits per heavy atom. The molecule has 1 atom stereocenters. The molecule has 0 bridgehead atoms. The molecule has 0 saturated heterocycles. The fourth-order valence-corrected chi connectivity index (χ4v) is 2.07. The van der Waals surface area contributed by atoms with E-state index in [9.17, 15) is 4.79 Å². The molecule has 0 aliphatic rings. The zero-order valence-corrected chi connectivity index (χ0v) is 13.4. The van der Waals surface area contributed by atoms with E-state index in [2.05, 4.69) is 40.4 Å². The number of carbonyl (C=O) groups is 1. The smallest absolute Gasteiger partial charge is 0.242 e. The Bertz CT molecular complexity index is 435. The molecular weight excluding hydrogens is 308 g/mol. The summed E-state index contributed by atoms with van der Waals surface area (Å²) in [7, 11) is 1.62. The van der Waals surface area contributed by atoms with Crippen molar-refractivity contribution in [1.29, 1.82) is 0 Å². The van der Waals surface area contributed by atoms with Gasteiger partial charge in [0.25, 0.3) is 0 Å². The minimum absolute atomic E-state index is 0.000593. The number of methoxy groups -OCH3 is 1. The first-order chi connectivity index (χ1) is 8.93. The van der Waals surface area contributed by atoms with Crippen LogP contribution in [-0.4, -0.2) is 25.6 Å². The van der Waals surface area contributed by atoms with E-state index in [1.54, 1.807) is 7.11 Å². The van der Waals surface area contributed by atoms with Crippen molar-refractivity contribution >= 4 is 27.5 Å². The summed E-state index contributed by atoms with van der Waals surface area (Å²) in [6.45, 7) is 6.67. The molecule has 5 heteroatoms. The first-order valence-corrected chi connectivity index (χ1v) is 7.11. The third kappa shape index (κ3) is 5.11. The zero-order chi connectivity index (χ0) is 14.4. The number of halogens is 1. The second kappa shape index (κ2) is 7.38. The Balaban J connectivity index is 2.58. The van der Waals surface area contributed by atoms with Gasteiger partial charge in [-0.05, 0) is 47.0 Å². The number of ether oxygens (including phenoxy) is 1. The molecule has 0 aromatic heterocycles. The van der Waals surface area contributed by atoms with E-state index >= 15 is 0 Å². The lowest BCUT2D eigenvalue weighted by molar-refractivity contribution is -0.121. The predicted molar refractivity (Wildman–Crippen MR) is 81.6 cm³/mol. The number of benzene rings is 1. The van der Waals surface area contributed by atoms with Gasteiger partial charge in [0.2, 0.25) is 5.91 Å². The molecule has 1 unspecified atom stereocenters. The van der Waals surface area contributed by atoms with Crippen LogP contribution in [0.4, 0.5) is 5.69 Å². The van der Waals surface area contributed by atoms with Crippen molar-refractivity contribution in [3.05, 3.63) is 22.7 Å². The summed E-state index contributed by atoms with van der Waals surface area (Å²) in [5, 5.41) is 6.06. The Labute approximate surface area is 123 Å². The standard InChI is InChI=1S/C14H21BrN2O2/c1-9(2)8-16-14(18)10(3)17-11-5-6-13(19-4)12(15)7-11/h5-7,9-10,17H,8H2,1-4H3,(H,16,18). The zero-order valence-electron chi connectivity index (χ0n) is 11.8. The Kier molecular flexibility index (Phi) is 6.15. The van der Waals surface area contributed by atoms with Crippen LogP contribution in [0.15, 0.2) is 22.7 Å². The van der Waals surface area contributed by atoms with Crippen molar-refractivity contribution in [3.63, 3.8) is 0 Å². The fourth-order valence-electron chi connectivity index (χ4n) is 1.53. The van der Waals surface area contributed by atoms with Gasteiger partial charge in [-0.25, -0.2) is 0 Å². The molecule has 106 valence electrons. The van der Waals surface area contributed by atoms with Gasteiger partial charge in [0.05, 0.1) is 11.6 Å². The van der Waals surface area contributed by atoms with Gasteiger partial charge >= 0.3 is 0 Å². The van der Waals surface area contributed by atoms with Gasteiger partial charge in [0.15, 0.2) is 0 Å². The highest BCUT2D eigenvalue weighted by Crippen LogP contribution is 2.27. The number of hydrogen-bond donors (Lipinski definition) is 2. The highest BCUT2D eigenvalue weighted by molar-refractivity contribution is 9.10. The second-order valence-electron chi connectivity index (χ2n) is 4.85. The molecular formula is C14H21BrN2O2. The average Bonchev–Trinajstić information content (AvgIpc) is 2.36. The number of rotatable bonds is 6. The van der Waals surface area contributed by atoms with Crippen molar-refractivity contribution in [3.8, 4) is 5.75 Å². The van der Waals surface area contributed by atoms with Crippen LogP contribution in [0, 0.1) is 5.92 Å². The maximum Gasteiger partial charge on any atom is 0.242 e. The van der Waals surface area contributed by atoms with E-state index in [4.69, 9.17) is 4.74 Å². The number of carbonyl (C=O) groups excluding carboxylic acids is 1. The summed E-state index contributed by atoms with van der Waals surface area (Å²) in [4.78, 5) is 11.8. The molecule has 1 rings (SSSR count). The maximum absolute atomic E-state index is 11.8. The molecule has 0 aliphatic heterocycles. The summed E-state index contributed by atoms with van der Waals surface area (Å²) in [5.41, 5.74) is 0.875. The molecule has 1 aromatic carbocycles. The van der Waals surface area contributed by atoms with Crippen LogP contribution in [0.5, 0.6) is 5.75 Å². The van der Waals surface area contributed by atoms with Crippen molar-refractivity contribution in [2.24, 2.45) is 5.92 Å². The molecule has 19 heavy (non-hydrogen) atoms. The summed E-state index contributed by atoms with van der Waals surface area (Å²) in [5.74, 6) is 1.22. The first kappa shape index (κ1) is 15.8. The van der Waals surface area contributed by atoms with Gasteiger partial charge in [-0.15, -0.1) is 0 Å². The van der Waals surface area contributed by atoms with E-state index in [0.717, 1.165) is 15.9 Å². The largest absolute Gasteiger partial charge is 0.496 e. The number of nitrogens with one attached hydrogen (secondary N) is 2. The maximum atomic E-state index is 11.8. The lowest BCUT2D eigenvalue weighted by Crippen LogP contribution is -2.39. The van der Waals surface area contributed by atoms with Gasteiger partial charge in [0.1, 0.15) is 11.8 Å². The van der Waals surface area contributed by atoms with E-state index in [1.807, 2.05) is 25.1 Å². The highest BCUT2D eigenvalue weighted by Gasteiger charge is 2.13. The SMILES string of the molecule is COc1ccc(NC(C)C(=O)NCC(C)C)cc1Br. The molecule has 1 amide bonds. The van der Waals surface area contributed by atoms with E-state index in [1.165, 1.54) is 0 Å². The normalized spacial score (nSPS) is 12.1. The van der Waals surface area contributed by atoms with Gasteiger partial charge in [0, 0.05) is 12.2 Å². The van der Waals surface area contributed by atoms with Gasteiger partial charge in [-0.3, -0.25) is 4.79 Å². The van der Waals surface area contributed by atoms with Gasteiger partial charge in [-0.1, -0.05) is 13.8 Å². The van der Waals surface area contributed by atoms with Crippen molar-refractivity contribution in [2.75, 3.05) is 19.0 Å². The molecule has 0 heterocycles. The topological polar surface area (TPSA) is 50.4 Å². The summed E-state index contributed by atoms with van der Waals surface area (Å²) in [6, 6.07) is 5.35. The van der Waals surface area contributed by atoms with Crippen LogP contribution in [0.25, 0.3) is 0 Å². The van der Waals surface area contributed by atoms with Crippen LogP contribution in [0.2, 0.25) is 0 Å². The van der Waals surface area contributed by atoms with Crippen LogP contribution >= 0.6 is 15.9 Å². The summed E-state index contributed by atoms with van der Waals surface area (Å²) < 4.78 is 6.02. The predicted octanol–water partition coefficient (Wildman–Crippen LogP) is 3.03. The molecule has 0 saturated carbocycles. The second-order valence-corrected chi connectivity index (χ2v) is 5.71. The average molecular weight is 329 g/mol. The van der Waals surface area contributed by atoms with Crippen molar-refractivity contribution < 1.29 is 9.53 Å². The van der Waals surface area contributed by atoms with Crippen LogP contribution in [0.3, 0.4) is 0 Å². The lowest BCUT2D eigenvalue weighted by Gasteiger charge is -2.17. The van der Waals surface area contributed by atoms with E-state index < -0.39 is 0 Å². The van der Waals surface area contributed by atoms with Crippen LogP contribution < -0.4 is 15.4 Å². The number of hydrogen-bond acceptors (Lipinski definition) is 3. The molecule has 0 radical (unpaired) electrons. The molecule has 4 nitrogen and oxygen atoms in total. The van der Waals surface area contributed by atoms with Crippen molar-refractivity contribution in [1.82, 2.24) is 5.32 Å². The summed E-state index contributed by atoms with van der Waals surface area (Å²) in [6.07, 6.45) is 0. The quantitative estimate of drug-likeness (QED) is 0.843. The number of amides is 1. The molecule has 0 fully saturated rings. The Morgan fingerprint density at radius 1 is 1.37 bits per heavy atom. The highest BCUT2D eigenvalue weighted by atomic mass is 79.9. The third-order valence-corrected chi connectivity index (χ3v) is 3.23. The Hall–Kier alpha value is -1.23. The van der Waals surface area contributed by atoms with Gasteiger partial charge in [-0.2, -0.15) is 0 Å². The molecule has 0 aliphatic carbocycles. The molecule has 1 aromatic rings. The van der Waals surface area contributed by atoms with E-state index in [-0.39, 0.29) is 11.9 Å². The molecule has 0 spiro atoms. The third-order valence-electron chi connectivity index (χ3n) is 2.61.